The summed E-state index contributed by atoms with van der Waals surface area (Å²) in [6.45, 7) is 6.14. The van der Waals surface area contributed by atoms with E-state index in [1.54, 1.807) is 16.8 Å². The van der Waals surface area contributed by atoms with Gasteiger partial charge in [-0.05, 0) is 45.4 Å². The molecule has 20 heavy (non-hydrogen) atoms. The van der Waals surface area contributed by atoms with Crippen LogP contribution in [0.15, 0.2) is 24.3 Å². The highest BCUT2D eigenvalue weighted by Crippen LogP contribution is 2.30. The highest BCUT2D eigenvalue weighted by atomic mass is 19.1. The summed E-state index contributed by atoms with van der Waals surface area (Å²) in [6.07, 6.45) is 2.37. The molecule has 1 aliphatic rings. The van der Waals surface area contributed by atoms with Crippen molar-refractivity contribution in [3.63, 3.8) is 0 Å². The SMILES string of the molecule is Cc1nn(-c2ccccc2F)c(C)c1C1CCCNC1. The quantitative estimate of drug-likeness (QED) is 0.911. The number of benzene rings is 1. The number of nitrogens with zero attached hydrogens (tertiary/aromatic N) is 2. The highest BCUT2D eigenvalue weighted by molar-refractivity contribution is 5.39. The van der Waals surface area contributed by atoms with Gasteiger partial charge >= 0.3 is 0 Å². The van der Waals surface area contributed by atoms with Gasteiger partial charge in [0.2, 0.25) is 0 Å². The van der Waals surface area contributed by atoms with Crippen molar-refractivity contribution >= 4 is 0 Å². The number of aromatic nitrogens is 2. The van der Waals surface area contributed by atoms with Crippen molar-refractivity contribution < 1.29 is 4.39 Å². The van der Waals surface area contributed by atoms with Crippen LogP contribution in [0.1, 0.15) is 35.7 Å². The lowest BCUT2D eigenvalue weighted by Gasteiger charge is -2.23. The Hall–Kier alpha value is -1.68. The molecule has 106 valence electrons. The lowest BCUT2D eigenvalue weighted by molar-refractivity contribution is 0.459. The first-order valence-electron chi connectivity index (χ1n) is 7.20. The fourth-order valence-corrected chi connectivity index (χ4v) is 3.20. The predicted octanol–water partition coefficient (Wildman–Crippen LogP) is 3.10. The lowest BCUT2D eigenvalue weighted by atomic mass is 9.90. The number of hydrogen-bond donors (Lipinski definition) is 1. The molecule has 0 spiro atoms. The Kier molecular flexibility index (Phi) is 3.57. The number of piperidine rings is 1. The third kappa shape index (κ3) is 2.24. The molecule has 0 saturated carbocycles. The Balaban J connectivity index is 2.04. The van der Waals surface area contributed by atoms with Gasteiger partial charge in [0.25, 0.3) is 0 Å². The molecule has 1 fully saturated rings. The van der Waals surface area contributed by atoms with E-state index in [0.29, 0.717) is 11.6 Å². The number of hydrogen-bond acceptors (Lipinski definition) is 2. The first-order valence-corrected chi connectivity index (χ1v) is 7.20. The molecule has 2 aromatic rings. The molecule has 1 unspecified atom stereocenters. The Labute approximate surface area is 118 Å². The minimum absolute atomic E-state index is 0.230. The Morgan fingerprint density at radius 1 is 1.30 bits per heavy atom. The van der Waals surface area contributed by atoms with Crippen LogP contribution in [0, 0.1) is 19.7 Å². The minimum Gasteiger partial charge on any atom is -0.316 e. The molecule has 0 bridgehead atoms. The highest BCUT2D eigenvalue weighted by Gasteiger charge is 2.23. The predicted molar refractivity (Wildman–Crippen MR) is 77.8 cm³/mol. The van der Waals surface area contributed by atoms with Crippen LogP contribution in [0.2, 0.25) is 0 Å². The largest absolute Gasteiger partial charge is 0.316 e. The van der Waals surface area contributed by atoms with E-state index >= 15 is 0 Å². The minimum atomic E-state index is -0.230. The van der Waals surface area contributed by atoms with Crippen molar-refractivity contribution in [2.24, 2.45) is 0 Å². The van der Waals surface area contributed by atoms with Crippen LogP contribution in [0.25, 0.3) is 5.69 Å². The molecule has 1 saturated heterocycles. The second-order valence-corrected chi connectivity index (χ2v) is 5.49. The van der Waals surface area contributed by atoms with E-state index in [0.717, 1.165) is 24.5 Å². The molecule has 1 aromatic heterocycles. The van der Waals surface area contributed by atoms with E-state index in [4.69, 9.17) is 0 Å². The van der Waals surface area contributed by atoms with Gasteiger partial charge in [-0.15, -0.1) is 0 Å². The normalized spacial score (nSPS) is 19.2. The number of para-hydroxylation sites is 1. The summed E-state index contributed by atoms with van der Waals surface area (Å²) in [5.74, 6) is 0.260. The zero-order valence-corrected chi connectivity index (χ0v) is 12.0. The van der Waals surface area contributed by atoms with E-state index in [1.807, 2.05) is 19.9 Å². The average molecular weight is 273 g/mol. The molecule has 1 aliphatic heterocycles. The smallest absolute Gasteiger partial charge is 0.148 e. The van der Waals surface area contributed by atoms with Crippen LogP contribution in [-0.2, 0) is 0 Å². The van der Waals surface area contributed by atoms with E-state index in [-0.39, 0.29) is 5.82 Å². The maximum Gasteiger partial charge on any atom is 0.148 e. The standard InChI is InChI=1S/C16H20FN3/c1-11-16(13-6-5-9-18-10-13)12(2)20(19-11)15-8-4-3-7-14(15)17/h3-4,7-8,13,18H,5-6,9-10H2,1-2H3. The van der Waals surface area contributed by atoms with Crippen LogP contribution in [-0.4, -0.2) is 22.9 Å². The fraction of sp³-hybridized carbons (Fsp3) is 0.438. The monoisotopic (exact) mass is 273 g/mol. The van der Waals surface area contributed by atoms with Crippen molar-refractivity contribution in [1.82, 2.24) is 15.1 Å². The van der Waals surface area contributed by atoms with E-state index in [1.165, 1.54) is 24.5 Å². The molecule has 1 atom stereocenters. The number of rotatable bonds is 2. The van der Waals surface area contributed by atoms with Crippen molar-refractivity contribution in [2.45, 2.75) is 32.6 Å². The summed E-state index contributed by atoms with van der Waals surface area (Å²) < 4.78 is 15.7. The summed E-state index contributed by atoms with van der Waals surface area (Å²) >= 11 is 0. The topological polar surface area (TPSA) is 29.9 Å². The van der Waals surface area contributed by atoms with Crippen LogP contribution >= 0.6 is 0 Å². The number of nitrogens with one attached hydrogen (secondary N) is 1. The summed E-state index contributed by atoms with van der Waals surface area (Å²) in [4.78, 5) is 0. The zero-order valence-electron chi connectivity index (χ0n) is 12.0. The lowest BCUT2D eigenvalue weighted by Crippen LogP contribution is -2.28. The summed E-state index contributed by atoms with van der Waals surface area (Å²) in [6, 6.07) is 6.80. The van der Waals surface area contributed by atoms with Gasteiger partial charge in [0.15, 0.2) is 0 Å². The fourth-order valence-electron chi connectivity index (χ4n) is 3.20. The van der Waals surface area contributed by atoms with Gasteiger partial charge in [-0.2, -0.15) is 5.10 Å². The zero-order chi connectivity index (χ0) is 14.1. The molecular weight excluding hydrogens is 253 g/mol. The van der Waals surface area contributed by atoms with Gasteiger partial charge in [-0.1, -0.05) is 12.1 Å². The van der Waals surface area contributed by atoms with Gasteiger partial charge < -0.3 is 5.32 Å². The third-order valence-corrected chi connectivity index (χ3v) is 4.13. The first-order chi connectivity index (χ1) is 9.68. The molecule has 0 amide bonds. The van der Waals surface area contributed by atoms with Crippen molar-refractivity contribution in [3.8, 4) is 5.69 Å². The first kappa shape index (κ1) is 13.3. The van der Waals surface area contributed by atoms with Gasteiger partial charge in [0.1, 0.15) is 11.5 Å². The molecule has 1 N–H and O–H groups in total. The molecule has 4 heteroatoms. The molecule has 0 radical (unpaired) electrons. The average Bonchev–Trinajstić information content (AvgIpc) is 2.75. The van der Waals surface area contributed by atoms with Crippen LogP contribution in [0.3, 0.4) is 0 Å². The van der Waals surface area contributed by atoms with Gasteiger partial charge in [0, 0.05) is 23.7 Å². The van der Waals surface area contributed by atoms with Crippen molar-refractivity contribution in [2.75, 3.05) is 13.1 Å². The van der Waals surface area contributed by atoms with Crippen LogP contribution in [0.4, 0.5) is 4.39 Å². The molecular formula is C16H20FN3. The Morgan fingerprint density at radius 2 is 2.10 bits per heavy atom. The second kappa shape index (κ2) is 5.37. The molecule has 3 rings (SSSR count). The van der Waals surface area contributed by atoms with Crippen LogP contribution in [0.5, 0.6) is 0 Å². The van der Waals surface area contributed by atoms with Crippen molar-refractivity contribution in [3.05, 3.63) is 47.0 Å². The summed E-state index contributed by atoms with van der Waals surface area (Å²) in [5, 5.41) is 8.00. The summed E-state index contributed by atoms with van der Waals surface area (Å²) in [5.41, 5.74) is 3.88. The van der Waals surface area contributed by atoms with E-state index in [9.17, 15) is 4.39 Å². The number of halogens is 1. The van der Waals surface area contributed by atoms with E-state index < -0.39 is 0 Å². The van der Waals surface area contributed by atoms with Crippen molar-refractivity contribution in [1.29, 1.82) is 0 Å². The second-order valence-electron chi connectivity index (χ2n) is 5.49. The Morgan fingerprint density at radius 3 is 2.80 bits per heavy atom. The molecule has 0 aliphatic carbocycles. The molecule has 2 heterocycles. The van der Waals surface area contributed by atoms with Gasteiger partial charge in [-0.25, -0.2) is 9.07 Å². The molecule has 3 nitrogen and oxygen atoms in total. The van der Waals surface area contributed by atoms with Crippen LogP contribution < -0.4 is 5.32 Å². The van der Waals surface area contributed by atoms with Gasteiger partial charge in [0.05, 0.1) is 5.69 Å². The van der Waals surface area contributed by atoms with Gasteiger partial charge in [-0.3, -0.25) is 0 Å². The number of aryl methyl sites for hydroxylation is 1. The maximum absolute atomic E-state index is 14.0. The maximum atomic E-state index is 14.0. The third-order valence-electron chi connectivity index (χ3n) is 4.13. The molecule has 1 aromatic carbocycles. The van der Waals surface area contributed by atoms with E-state index in [2.05, 4.69) is 10.4 Å². The Bertz CT molecular complexity index is 612. The summed E-state index contributed by atoms with van der Waals surface area (Å²) in [7, 11) is 0.